The number of sulfone groups is 1. The van der Waals surface area contributed by atoms with Gasteiger partial charge in [0.25, 0.3) is 0 Å². The summed E-state index contributed by atoms with van der Waals surface area (Å²) in [5.74, 6) is 0.0409. The van der Waals surface area contributed by atoms with Crippen LogP contribution in [0.1, 0.15) is 32.6 Å². The summed E-state index contributed by atoms with van der Waals surface area (Å²) in [6, 6.07) is 0. The number of carbonyl (C=O) groups is 2. The minimum atomic E-state index is -3.13. The molecule has 25 heavy (non-hydrogen) atoms. The molecule has 0 bridgehead atoms. The molecule has 0 aliphatic carbocycles. The SMILES string of the molecule is CCN1CCCC(C(=O)N2CCCN(C(=O)CCS(C)(=O)=O)CC2)C1. The summed E-state index contributed by atoms with van der Waals surface area (Å²) in [5, 5.41) is 0. The van der Waals surface area contributed by atoms with E-state index in [9.17, 15) is 18.0 Å². The van der Waals surface area contributed by atoms with Gasteiger partial charge in [-0.3, -0.25) is 9.59 Å². The van der Waals surface area contributed by atoms with Crippen molar-refractivity contribution in [1.29, 1.82) is 0 Å². The van der Waals surface area contributed by atoms with Gasteiger partial charge in [-0.15, -0.1) is 0 Å². The lowest BCUT2D eigenvalue weighted by Crippen LogP contribution is -2.46. The minimum absolute atomic E-state index is 0.0286. The molecule has 0 spiro atoms. The highest BCUT2D eigenvalue weighted by molar-refractivity contribution is 7.90. The number of likely N-dealkylation sites (tertiary alicyclic amines) is 1. The van der Waals surface area contributed by atoms with Gasteiger partial charge in [0.15, 0.2) is 0 Å². The first-order valence-corrected chi connectivity index (χ1v) is 11.3. The van der Waals surface area contributed by atoms with Gasteiger partial charge < -0.3 is 14.7 Å². The number of amides is 2. The fourth-order valence-corrected chi connectivity index (χ4v) is 4.17. The van der Waals surface area contributed by atoms with Crippen LogP contribution in [0.4, 0.5) is 0 Å². The maximum absolute atomic E-state index is 12.8. The Morgan fingerprint density at radius 2 is 1.68 bits per heavy atom. The molecule has 0 saturated carbocycles. The fourth-order valence-electron chi connectivity index (χ4n) is 3.62. The van der Waals surface area contributed by atoms with Crippen LogP contribution >= 0.6 is 0 Å². The highest BCUT2D eigenvalue weighted by Gasteiger charge is 2.30. The Hall–Kier alpha value is -1.15. The molecule has 0 aromatic heterocycles. The highest BCUT2D eigenvalue weighted by Crippen LogP contribution is 2.19. The van der Waals surface area contributed by atoms with Crippen LogP contribution in [0, 0.1) is 5.92 Å². The van der Waals surface area contributed by atoms with E-state index in [1.54, 1.807) is 4.90 Å². The van der Waals surface area contributed by atoms with Gasteiger partial charge >= 0.3 is 0 Å². The van der Waals surface area contributed by atoms with Gasteiger partial charge in [-0.2, -0.15) is 0 Å². The predicted octanol–water partition coefficient (Wildman–Crippen LogP) is 0.214. The lowest BCUT2D eigenvalue weighted by molar-refractivity contribution is -0.138. The topological polar surface area (TPSA) is 78.0 Å². The second-order valence-corrected chi connectivity index (χ2v) is 9.43. The Bertz CT molecular complexity index is 578. The summed E-state index contributed by atoms with van der Waals surface area (Å²) in [5.41, 5.74) is 0. The van der Waals surface area contributed by atoms with E-state index in [0.717, 1.165) is 45.2 Å². The molecule has 7 nitrogen and oxygen atoms in total. The number of hydrogen-bond acceptors (Lipinski definition) is 5. The molecular formula is C17H31N3O4S. The van der Waals surface area contributed by atoms with Crippen LogP contribution < -0.4 is 0 Å². The number of nitrogens with zero attached hydrogens (tertiary/aromatic N) is 3. The van der Waals surface area contributed by atoms with E-state index in [2.05, 4.69) is 11.8 Å². The van der Waals surface area contributed by atoms with Gasteiger partial charge in [-0.1, -0.05) is 6.92 Å². The summed E-state index contributed by atoms with van der Waals surface area (Å²) < 4.78 is 22.5. The third-order valence-corrected chi connectivity index (χ3v) is 6.09. The number of rotatable bonds is 5. The molecule has 2 heterocycles. The van der Waals surface area contributed by atoms with Crippen molar-refractivity contribution in [3.63, 3.8) is 0 Å². The first-order chi connectivity index (χ1) is 11.8. The average Bonchev–Trinajstić information content (AvgIpc) is 2.84. The second kappa shape index (κ2) is 8.98. The van der Waals surface area contributed by atoms with Crippen LogP contribution in [-0.4, -0.2) is 92.8 Å². The summed E-state index contributed by atoms with van der Waals surface area (Å²) >= 11 is 0. The third kappa shape index (κ3) is 6.26. The van der Waals surface area contributed by atoms with Gasteiger partial charge in [-0.05, 0) is 32.4 Å². The lowest BCUT2D eigenvalue weighted by Gasteiger charge is -2.34. The standard InChI is InChI=1S/C17H31N3O4S/c1-3-18-8-4-6-15(14-18)17(22)20-10-5-9-19(11-12-20)16(21)7-13-25(2,23)24/h15H,3-14H2,1-2H3. The van der Waals surface area contributed by atoms with Crippen LogP contribution in [-0.2, 0) is 19.4 Å². The minimum Gasteiger partial charge on any atom is -0.341 e. The first-order valence-electron chi connectivity index (χ1n) is 9.27. The van der Waals surface area contributed by atoms with Crippen molar-refractivity contribution in [3.8, 4) is 0 Å². The van der Waals surface area contributed by atoms with Crippen molar-refractivity contribution in [2.24, 2.45) is 5.92 Å². The van der Waals surface area contributed by atoms with Crippen molar-refractivity contribution >= 4 is 21.7 Å². The number of carbonyl (C=O) groups excluding carboxylic acids is 2. The van der Waals surface area contributed by atoms with E-state index in [4.69, 9.17) is 0 Å². The molecule has 2 rings (SSSR count). The Balaban J connectivity index is 1.86. The molecule has 2 amide bonds. The second-order valence-electron chi connectivity index (χ2n) is 7.17. The maximum atomic E-state index is 12.8. The predicted molar refractivity (Wildman–Crippen MR) is 96.9 cm³/mol. The van der Waals surface area contributed by atoms with Gasteiger partial charge in [0.05, 0.1) is 11.7 Å². The van der Waals surface area contributed by atoms with Gasteiger partial charge in [0.2, 0.25) is 11.8 Å². The zero-order valence-electron chi connectivity index (χ0n) is 15.4. The molecule has 1 unspecified atom stereocenters. The van der Waals surface area contributed by atoms with E-state index in [0.29, 0.717) is 26.2 Å². The Morgan fingerprint density at radius 1 is 1.00 bits per heavy atom. The molecule has 0 radical (unpaired) electrons. The Morgan fingerprint density at radius 3 is 2.36 bits per heavy atom. The van der Waals surface area contributed by atoms with Crippen LogP contribution in [0.25, 0.3) is 0 Å². The van der Waals surface area contributed by atoms with E-state index < -0.39 is 9.84 Å². The number of hydrogen-bond donors (Lipinski definition) is 0. The van der Waals surface area contributed by atoms with Crippen molar-refractivity contribution in [2.45, 2.75) is 32.6 Å². The van der Waals surface area contributed by atoms with Gasteiger partial charge in [0.1, 0.15) is 9.84 Å². The van der Waals surface area contributed by atoms with E-state index >= 15 is 0 Å². The Kier molecular flexibility index (Phi) is 7.25. The molecule has 2 saturated heterocycles. The molecule has 2 aliphatic heterocycles. The van der Waals surface area contributed by atoms with Crippen molar-refractivity contribution in [2.75, 3.05) is 57.8 Å². The van der Waals surface area contributed by atoms with E-state index in [-0.39, 0.29) is 29.9 Å². The quantitative estimate of drug-likeness (QED) is 0.689. The zero-order chi connectivity index (χ0) is 18.4. The molecule has 144 valence electrons. The Labute approximate surface area is 151 Å². The largest absolute Gasteiger partial charge is 0.341 e. The summed E-state index contributed by atoms with van der Waals surface area (Å²) in [6.45, 7) is 7.33. The van der Waals surface area contributed by atoms with Crippen LogP contribution in [0.2, 0.25) is 0 Å². The first kappa shape index (κ1) is 20.2. The third-order valence-electron chi connectivity index (χ3n) is 5.15. The molecule has 0 aromatic carbocycles. The highest BCUT2D eigenvalue weighted by atomic mass is 32.2. The van der Waals surface area contributed by atoms with E-state index in [1.165, 1.54) is 0 Å². The average molecular weight is 374 g/mol. The smallest absolute Gasteiger partial charge is 0.227 e. The molecular weight excluding hydrogens is 342 g/mol. The summed E-state index contributed by atoms with van der Waals surface area (Å²) in [7, 11) is -3.13. The molecule has 0 N–H and O–H groups in total. The molecule has 0 aromatic rings. The fraction of sp³-hybridized carbons (Fsp3) is 0.882. The van der Waals surface area contributed by atoms with Gasteiger partial charge in [0, 0.05) is 45.4 Å². The number of piperidine rings is 1. The van der Waals surface area contributed by atoms with Crippen LogP contribution in [0.5, 0.6) is 0 Å². The van der Waals surface area contributed by atoms with Crippen LogP contribution in [0.3, 0.4) is 0 Å². The maximum Gasteiger partial charge on any atom is 0.227 e. The van der Waals surface area contributed by atoms with Crippen molar-refractivity contribution < 1.29 is 18.0 Å². The molecule has 1 atom stereocenters. The van der Waals surface area contributed by atoms with Crippen molar-refractivity contribution in [1.82, 2.24) is 14.7 Å². The molecule has 2 fully saturated rings. The van der Waals surface area contributed by atoms with Crippen LogP contribution in [0.15, 0.2) is 0 Å². The summed E-state index contributed by atoms with van der Waals surface area (Å²) in [6.07, 6.45) is 3.94. The van der Waals surface area contributed by atoms with Gasteiger partial charge in [-0.25, -0.2) is 8.42 Å². The normalized spacial score (nSPS) is 23.4. The van der Waals surface area contributed by atoms with E-state index in [1.807, 2.05) is 4.90 Å². The summed E-state index contributed by atoms with van der Waals surface area (Å²) in [4.78, 5) is 31.0. The van der Waals surface area contributed by atoms with Crippen molar-refractivity contribution in [3.05, 3.63) is 0 Å². The molecule has 8 heteroatoms. The lowest BCUT2D eigenvalue weighted by atomic mass is 9.96. The molecule has 2 aliphatic rings. The monoisotopic (exact) mass is 373 g/mol. The zero-order valence-corrected chi connectivity index (χ0v) is 16.3.